The fraction of sp³-hybridized carbons (Fsp3) is 0.222. The molecule has 4 heteroatoms. The summed E-state index contributed by atoms with van der Waals surface area (Å²) in [6.45, 7) is 4.82. The number of pyridine rings is 1. The van der Waals surface area contributed by atoms with E-state index in [9.17, 15) is 0 Å². The van der Waals surface area contributed by atoms with Crippen LogP contribution in [0.3, 0.4) is 0 Å². The molecule has 0 fully saturated rings. The highest BCUT2D eigenvalue weighted by molar-refractivity contribution is 5.26. The second-order valence-electron chi connectivity index (χ2n) is 5.46. The Morgan fingerprint density at radius 1 is 1.05 bits per heavy atom. The topological polar surface area (TPSA) is 47.3 Å². The molecule has 1 aromatic carbocycles. The number of aromatic nitrogens is 3. The van der Waals surface area contributed by atoms with Crippen LogP contribution in [-0.4, -0.2) is 14.5 Å². The second kappa shape index (κ2) is 7.00. The Balaban J connectivity index is 1.61. The van der Waals surface area contributed by atoms with E-state index in [0.717, 1.165) is 25.5 Å². The molecule has 4 nitrogen and oxygen atoms in total. The molecule has 2 N–H and O–H groups in total. The summed E-state index contributed by atoms with van der Waals surface area (Å²) in [4.78, 5) is 8.63. The van der Waals surface area contributed by atoms with Crippen LogP contribution in [0.2, 0.25) is 0 Å². The van der Waals surface area contributed by atoms with Crippen LogP contribution in [0.25, 0.3) is 0 Å². The summed E-state index contributed by atoms with van der Waals surface area (Å²) in [7, 11) is 0. The largest absolute Gasteiger partial charge is 0.336 e. The Morgan fingerprint density at radius 2 is 1.95 bits per heavy atom. The maximum atomic E-state index is 4.49. The van der Waals surface area contributed by atoms with E-state index < -0.39 is 0 Å². The van der Waals surface area contributed by atoms with Gasteiger partial charge in [0.05, 0.1) is 0 Å². The summed E-state index contributed by atoms with van der Waals surface area (Å²) in [5.74, 6) is 1.10. The molecule has 2 heterocycles. The van der Waals surface area contributed by atoms with Gasteiger partial charge < -0.3 is 9.88 Å². The second-order valence-corrected chi connectivity index (χ2v) is 5.46. The van der Waals surface area contributed by atoms with Crippen molar-refractivity contribution in [3.8, 4) is 0 Å². The maximum absolute atomic E-state index is 4.49. The molecule has 0 aliphatic carbocycles. The molecule has 2 aromatic heterocycles. The molecule has 3 aromatic rings. The summed E-state index contributed by atoms with van der Waals surface area (Å²) >= 11 is 0. The first-order valence-corrected chi connectivity index (χ1v) is 7.58. The summed E-state index contributed by atoms with van der Waals surface area (Å²) in [6.07, 6.45) is 7.65. The number of benzene rings is 1. The van der Waals surface area contributed by atoms with E-state index >= 15 is 0 Å². The molecule has 0 aliphatic heterocycles. The van der Waals surface area contributed by atoms with Crippen LogP contribution < -0.4 is 5.32 Å². The third-order valence-corrected chi connectivity index (χ3v) is 3.83. The van der Waals surface area contributed by atoms with E-state index in [0.29, 0.717) is 0 Å². The molecule has 0 atom stereocenters. The highest BCUT2D eigenvalue weighted by atomic mass is 15.1. The summed E-state index contributed by atoms with van der Waals surface area (Å²) in [5, 5.41) is 2.26. The van der Waals surface area contributed by atoms with Crippen molar-refractivity contribution in [1.29, 1.82) is 0 Å². The SMILES string of the molecule is Cc1ccccc1Cn1ccnc1C[NH2+]Cc1cccnc1. The standard InChI is InChI=1S/C18H20N4/c1-15-5-2-3-7-17(15)14-22-10-9-21-18(22)13-20-12-16-6-4-8-19-11-16/h2-11,20H,12-14H2,1H3/p+1. The lowest BCUT2D eigenvalue weighted by Crippen LogP contribution is -2.81. The quantitative estimate of drug-likeness (QED) is 0.754. The fourth-order valence-corrected chi connectivity index (χ4v) is 2.53. The number of aryl methyl sites for hydroxylation is 1. The van der Waals surface area contributed by atoms with Crippen LogP contribution in [0.15, 0.2) is 61.2 Å². The normalized spacial score (nSPS) is 10.8. The zero-order valence-corrected chi connectivity index (χ0v) is 12.8. The molecule has 3 rings (SSSR count). The predicted molar refractivity (Wildman–Crippen MR) is 86.1 cm³/mol. The van der Waals surface area contributed by atoms with Gasteiger partial charge >= 0.3 is 0 Å². The number of imidazole rings is 1. The molecule has 22 heavy (non-hydrogen) atoms. The molecule has 0 amide bonds. The number of nitrogens with zero attached hydrogens (tertiary/aromatic N) is 3. The predicted octanol–water partition coefficient (Wildman–Crippen LogP) is 1.90. The Kier molecular flexibility index (Phi) is 4.61. The number of rotatable bonds is 6. The number of hydrogen-bond donors (Lipinski definition) is 1. The van der Waals surface area contributed by atoms with E-state index in [1.807, 2.05) is 18.5 Å². The van der Waals surface area contributed by atoms with Gasteiger partial charge in [0, 0.05) is 36.9 Å². The van der Waals surface area contributed by atoms with Gasteiger partial charge in [-0.1, -0.05) is 30.3 Å². The maximum Gasteiger partial charge on any atom is 0.164 e. The summed E-state index contributed by atoms with van der Waals surface area (Å²) < 4.78 is 2.22. The first kappa shape index (κ1) is 14.5. The van der Waals surface area contributed by atoms with E-state index in [4.69, 9.17) is 0 Å². The van der Waals surface area contributed by atoms with Crippen molar-refractivity contribution in [3.63, 3.8) is 0 Å². The minimum atomic E-state index is 0.869. The van der Waals surface area contributed by atoms with Crippen molar-refractivity contribution in [1.82, 2.24) is 14.5 Å². The molecule has 0 aliphatic rings. The van der Waals surface area contributed by atoms with E-state index in [2.05, 4.69) is 63.3 Å². The van der Waals surface area contributed by atoms with Gasteiger partial charge in [0.2, 0.25) is 0 Å². The lowest BCUT2D eigenvalue weighted by Gasteiger charge is -2.09. The van der Waals surface area contributed by atoms with E-state index in [1.165, 1.54) is 16.7 Å². The Hall–Kier alpha value is -2.46. The van der Waals surface area contributed by atoms with Gasteiger partial charge in [-0.05, 0) is 24.1 Å². The lowest BCUT2D eigenvalue weighted by atomic mass is 10.1. The van der Waals surface area contributed by atoms with E-state index in [1.54, 1.807) is 6.20 Å². The molecule has 112 valence electrons. The van der Waals surface area contributed by atoms with Crippen LogP contribution in [-0.2, 0) is 19.6 Å². The Labute approximate surface area is 130 Å². The van der Waals surface area contributed by atoms with Crippen molar-refractivity contribution in [2.75, 3.05) is 0 Å². The molecule has 0 unspecified atom stereocenters. The fourth-order valence-electron chi connectivity index (χ4n) is 2.53. The van der Waals surface area contributed by atoms with Crippen molar-refractivity contribution < 1.29 is 5.32 Å². The van der Waals surface area contributed by atoms with Crippen LogP contribution in [0, 0.1) is 6.92 Å². The van der Waals surface area contributed by atoms with Crippen molar-refractivity contribution in [2.24, 2.45) is 0 Å². The molecule has 0 spiro atoms. The van der Waals surface area contributed by atoms with E-state index in [-0.39, 0.29) is 0 Å². The monoisotopic (exact) mass is 293 g/mol. The molecule has 0 saturated heterocycles. The van der Waals surface area contributed by atoms with Crippen molar-refractivity contribution in [3.05, 3.63) is 83.7 Å². The van der Waals surface area contributed by atoms with Gasteiger partial charge in [-0.3, -0.25) is 4.98 Å². The third kappa shape index (κ3) is 3.59. The zero-order chi connectivity index (χ0) is 15.2. The van der Waals surface area contributed by atoms with Crippen LogP contribution >= 0.6 is 0 Å². The van der Waals surface area contributed by atoms with Crippen LogP contribution in [0.4, 0.5) is 0 Å². The average Bonchev–Trinajstić information content (AvgIpc) is 2.98. The highest BCUT2D eigenvalue weighted by Gasteiger charge is 2.07. The van der Waals surface area contributed by atoms with Gasteiger partial charge in [-0.25, -0.2) is 4.98 Å². The zero-order valence-electron chi connectivity index (χ0n) is 12.8. The van der Waals surface area contributed by atoms with Crippen LogP contribution in [0.5, 0.6) is 0 Å². The van der Waals surface area contributed by atoms with Gasteiger partial charge in [0.25, 0.3) is 0 Å². The van der Waals surface area contributed by atoms with Gasteiger partial charge in [0.15, 0.2) is 5.82 Å². The number of nitrogens with two attached hydrogens (primary N) is 1. The first-order valence-electron chi connectivity index (χ1n) is 7.58. The summed E-state index contributed by atoms with van der Waals surface area (Å²) in [5.41, 5.74) is 3.90. The number of quaternary nitrogens is 1. The lowest BCUT2D eigenvalue weighted by molar-refractivity contribution is -0.687. The third-order valence-electron chi connectivity index (χ3n) is 3.83. The van der Waals surface area contributed by atoms with Gasteiger partial charge in [-0.15, -0.1) is 0 Å². The smallest absolute Gasteiger partial charge is 0.164 e. The molecule has 0 bridgehead atoms. The van der Waals surface area contributed by atoms with Crippen molar-refractivity contribution in [2.45, 2.75) is 26.6 Å². The average molecular weight is 293 g/mol. The molecule has 0 radical (unpaired) electrons. The summed E-state index contributed by atoms with van der Waals surface area (Å²) in [6, 6.07) is 12.6. The number of hydrogen-bond acceptors (Lipinski definition) is 2. The Bertz CT molecular complexity index is 719. The Morgan fingerprint density at radius 3 is 2.77 bits per heavy atom. The van der Waals surface area contributed by atoms with Crippen molar-refractivity contribution >= 4 is 0 Å². The molecular weight excluding hydrogens is 272 g/mol. The molecular formula is C18H21N4+. The highest BCUT2D eigenvalue weighted by Crippen LogP contribution is 2.10. The minimum Gasteiger partial charge on any atom is -0.336 e. The first-order chi connectivity index (χ1) is 10.8. The van der Waals surface area contributed by atoms with Gasteiger partial charge in [-0.2, -0.15) is 0 Å². The van der Waals surface area contributed by atoms with Crippen LogP contribution in [0.1, 0.15) is 22.5 Å². The minimum absolute atomic E-state index is 0.869. The van der Waals surface area contributed by atoms with Gasteiger partial charge in [0.1, 0.15) is 13.1 Å². The molecule has 0 saturated carbocycles.